The van der Waals surface area contributed by atoms with Crippen LogP contribution in [0.3, 0.4) is 0 Å². The maximum Gasteiger partial charge on any atom is 0.234 e. The van der Waals surface area contributed by atoms with Gasteiger partial charge >= 0.3 is 0 Å². The molecule has 4 heteroatoms. The Balaban J connectivity index is 2.63. The van der Waals surface area contributed by atoms with Crippen LogP contribution in [0.2, 0.25) is 0 Å². The molecular weight excluding hydrogens is 250 g/mol. The van der Waals surface area contributed by atoms with Crippen molar-refractivity contribution < 1.29 is 4.79 Å². The number of amides is 1. The summed E-state index contributed by atoms with van der Waals surface area (Å²) in [7, 11) is 0. The zero-order chi connectivity index (χ0) is 15.2. The zero-order valence-electron chi connectivity index (χ0n) is 13.7. The summed E-state index contributed by atoms with van der Waals surface area (Å²) >= 11 is 0. The number of nitrogens with zero attached hydrogens (tertiary/aromatic N) is 1. The Bertz CT molecular complexity index is 298. The molecule has 1 saturated carbocycles. The Labute approximate surface area is 124 Å². The van der Waals surface area contributed by atoms with Gasteiger partial charge in [0.15, 0.2) is 0 Å². The number of nitrogens with one attached hydrogen (secondary N) is 1. The van der Waals surface area contributed by atoms with E-state index in [4.69, 9.17) is 5.73 Å². The molecule has 1 aliphatic carbocycles. The summed E-state index contributed by atoms with van der Waals surface area (Å²) in [5.74, 6) is 0.596. The van der Waals surface area contributed by atoms with Crippen LogP contribution in [0.5, 0.6) is 0 Å². The van der Waals surface area contributed by atoms with E-state index >= 15 is 0 Å². The maximum atomic E-state index is 12.2. The fourth-order valence-electron chi connectivity index (χ4n) is 3.11. The van der Waals surface area contributed by atoms with E-state index in [-0.39, 0.29) is 17.5 Å². The molecule has 1 unspecified atom stereocenters. The molecule has 1 amide bonds. The van der Waals surface area contributed by atoms with Gasteiger partial charge in [0.05, 0.1) is 6.54 Å². The van der Waals surface area contributed by atoms with E-state index in [1.807, 2.05) is 0 Å². The molecule has 0 saturated heterocycles. The van der Waals surface area contributed by atoms with Crippen LogP contribution in [-0.4, -0.2) is 42.0 Å². The second kappa shape index (κ2) is 7.99. The quantitative estimate of drug-likeness (QED) is 0.752. The molecule has 3 N–H and O–H groups in total. The van der Waals surface area contributed by atoms with Gasteiger partial charge in [-0.25, -0.2) is 0 Å². The number of carbonyl (C=O) groups is 1. The number of rotatable bonds is 7. The number of nitrogens with two attached hydrogens (primary N) is 1. The van der Waals surface area contributed by atoms with E-state index in [0.717, 1.165) is 19.4 Å². The lowest BCUT2D eigenvalue weighted by atomic mass is 9.80. The molecule has 0 aromatic heterocycles. The van der Waals surface area contributed by atoms with Crippen molar-refractivity contribution in [2.75, 3.05) is 19.6 Å². The number of hydrogen-bond donors (Lipinski definition) is 2. The van der Waals surface area contributed by atoms with Crippen LogP contribution < -0.4 is 11.1 Å². The monoisotopic (exact) mass is 283 g/mol. The van der Waals surface area contributed by atoms with Crippen LogP contribution in [0.15, 0.2) is 0 Å². The van der Waals surface area contributed by atoms with Crippen LogP contribution in [0.25, 0.3) is 0 Å². The van der Waals surface area contributed by atoms with E-state index < -0.39 is 0 Å². The highest BCUT2D eigenvalue weighted by molar-refractivity contribution is 5.78. The van der Waals surface area contributed by atoms with Gasteiger partial charge in [-0.2, -0.15) is 0 Å². The molecule has 0 spiro atoms. The lowest BCUT2D eigenvalue weighted by molar-refractivity contribution is -0.125. The van der Waals surface area contributed by atoms with Gasteiger partial charge in [0.1, 0.15) is 0 Å². The summed E-state index contributed by atoms with van der Waals surface area (Å²) in [6, 6.07) is 0.224. The lowest BCUT2D eigenvalue weighted by Gasteiger charge is -2.45. The Morgan fingerprint density at radius 3 is 2.30 bits per heavy atom. The van der Waals surface area contributed by atoms with Gasteiger partial charge in [0, 0.05) is 18.1 Å². The highest BCUT2D eigenvalue weighted by Crippen LogP contribution is 2.32. The van der Waals surface area contributed by atoms with Gasteiger partial charge in [-0.05, 0) is 32.2 Å². The summed E-state index contributed by atoms with van der Waals surface area (Å²) in [4.78, 5) is 14.5. The average molecular weight is 283 g/mol. The van der Waals surface area contributed by atoms with Gasteiger partial charge in [0.2, 0.25) is 5.91 Å². The first-order valence-corrected chi connectivity index (χ1v) is 8.19. The first kappa shape index (κ1) is 17.4. The van der Waals surface area contributed by atoms with E-state index in [1.165, 1.54) is 19.3 Å². The summed E-state index contributed by atoms with van der Waals surface area (Å²) < 4.78 is 0. The summed E-state index contributed by atoms with van der Waals surface area (Å²) in [6.45, 7) is 10.5. The first-order chi connectivity index (χ1) is 9.45. The van der Waals surface area contributed by atoms with Crippen molar-refractivity contribution in [1.82, 2.24) is 10.2 Å². The van der Waals surface area contributed by atoms with Crippen molar-refractivity contribution in [3.05, 3.63) is 0 Å². The molecule has 4 nitrogen and oxygen atoms in total. The molecular formula is C16H33N3O. The van der Waals surface area contributed by atoms with Gasteiger partial charge in [-0.3, -0.25) is 9.69 Å². The third-order valence-electron chi connectivity index (χ3n) is 4.94. The molecule has 0 radical (unpaired) electrons. The minimum atomic E-state index is 0.0470. The molecule has 0 bridgehead atoms. The fourth-order valence-corrected chi connectivity index (χ4v) is 3.11. The number of hydrogen-bond acceptors (Lipinski definition) is 3. The molecule has 20 heavy (non-hydrogen) atoms. The van der Waals surface area contributed by atoms with E-state index in [2.05, 4.69) is 37.9 Å². The largest absolute Gasteiger partial charge is 0.352 e. The van der Waals surface area contributed by atoms with E-state index in [9.17, 15) is 4.79 Å². The number of carbonyl (C=O) groups excluding carboxylic acids is 1. The van der Waals surface area contributed by atoms with Crippen LogP contribution in [-0.2, 0) is 4.79 Å². The molecule has 0 aromatic carbocycles. The fraction of sp³-hybridized carbons (Fsp3) is 0.938. The van der Waals surface area contributed by atoms with Crippen LogP contribution in [0.4, 0.5) is 0 Å². The summed E-state index contributed by atoms with van der Waals surface area (Å²) in [5, 5.41) is 3.10. The highest BCUT2D eigenvalue weighted by atomic mass is 16.2. The molecule has 0 heterocycles. The summed E-state index contributed by atoms with van der Waals surface area (Å²) in [6.07, 6.45) is 6.03. The lowest BCUT2D eigenvalue weighted by Crippen LogP contribution is -2.57. The molecule has 118 valence electrons. The van der Waals surface area contributed by atoms with Gasteiger partial charge < -0.3 is 11.1 Å². The highest BCUT2D eigenvalue weighted by Gasteiger charge is 2.36. The average Bonchev–Trinajstić information content (AvgIpc) is 2.45. The minimum absolute atomic E-state index is 0.0470. The van der Waals surface area contributed by atoms with E-state index in [0.29, 0.717) is 19.0 Å². The van der Waals surface area contributed by atoms with Crippen LogP contribution in [0, 0.1) is 5.92 Å². The van der Waals surface area contributed by atoms with Crippen molar-refractivity contribution in [3.63, 3.8) is 0 Å². The Hall–Kier alpha value is -0.610. The normalized spacial score (nSPS) is 20.1. The second-order valence-electron chi connectivity index (χ2n) is 6.60. The Kier molecular flexibility index (Phi) is 6.96. The third-order valence-corrected chi connectivity index (χ3v) is 4.94. The predicted octanol–water partition coefficient (Wildman–Crippen LogP) is 2.13. The van der Waals surface area contributed by atoms with Crippen molar-refractivity contribution in [2.24, 2.45) is 11.7 Å². The molecule has 1 atom stereocenters. The van der Waals surface area contributed by atoms with Crippen molar-refractivity contribution in [3.8, 4) is 0 Å². The third kappa shape index (κ3) is 4.45. The Morgan fingerprint density at radius 2 is 1.85 bits per heavy atom. The van der Waals surface area contributed by atoms with Gasteiger partial charge in [0.25, 0.3) is 0 Å². The van der Waals surface area contributed by atoms with Crippen molar-refractivity contribution in [2.45, 2.75) is 71.4 Å². The topological polar surface area (TPSA) is 58.4 Å². The zero-order valence-corrected chi connectivity index (χ0v) is 13.7. The van der Waals surface area contributed by atoms with Crippen molar-refractivity contribution in [1.29, 1.82) is 0 Å². The second-order valence-corrected chi connectivity index (χ2v) is 6.60. The van der Waals surface area contributed by atoms with Crippen LogP contribution >= 0.6 is 0 Å². The predicted molar refractivity (Wildman–Crippen MR) is 84.6 cm³/mol. The Morgan fingerprint density at radius 1 is 1.25 bits per heavy atom. The SMILES string of the molecule is CCN(CC(=O)NC(C)C(C)C)C1(CN)CCCCC1. The molecule has 1 fully saturated rings. The standard InChI is InChI=1S/C16H33N3O/c1-5-19(11-15(20)18-14(4)13(2)3)16(12-17)9-7-6-8-10-16/h13-14H,5-12,17H2,1-4H3,(H,18,20). The first-order valence-electron chi connectivity index (χ1n) is 8.19. The van der Waals surface area contributed by atoms with Crippen molar-refractivity contribution >= 4 is 5.91 Å². The minimum Gasteiger partial charge on any atom is -0.352 e. The molecule has 1 aliphatic rings. The molecule has 0 aromatic rings. The molecule has 0 aliphatic heterocycles. The van der Waals surface area contributed by atoms with Crippen LogP contribution in [0.1, 0.15) is 59.8 Å². The molecule has 1 rings (SSSR count). The maximum absolute atomic E-state index is 12.2. The number of likely N-dealkylation sites (N-methyl/N-ethyl adjacent to an activating group) is 1. The smallest absolute Gasteiger partial charge is 0.234 e. The van der Waals surface area contributed by atoms with Gasteiger partial charge in [-0.1, -0.05) is 40.0 Å². The summed E-state index contributed by atoms with van der Waals surface area (Å²) in [5.41, 5.74) is 6.11. The van der Waals surface area contributed by atoms with E-state index in [1.54, 1.807) is 0 Å². The van der Waals surface area contributed by atoms with Gasteiger partial charge in [-0.15, -0.1) is 0 Å².